The molecule has 29 heavy (non-hydrogen) atoms. The summed E-state index contributed by atoms with van der Waals surface area (Å²) in [6.45, 7) is 8.79. The normalized spacial score (nSPS) is 54.4. The zero-order valence-corrected chi connectivity index (χ0v) is 18.0. The fourth-order valence-electron chi connectivity index (χ4n) is 6.69. The first-order chi connectivity index (χ1) is 13.4. The fraction of sp³-hybridized carbons (Fsp3) is 0.909. The van der Waals surface area contributed by atoms with Crippen molar-refractivity contribution >= 4 is 11.9 Å². The van der Waals surface area contributed by atoms with E-state index in [-0.39, 0.29) is 48.1 Å². The van der Waals surface area contributed by atoms with E-state index in [1.807, 2.05) is 20.8 Å². The second-order valence-corrected chi connectivity index (χ2v) is 10.4. The van der Waals surface area contributed by atoms with Gasteiger partial charge < -0.3 is 24.4 Å². The van der Waals surface area contributed by atoms with Crippen LogP contribution in [-0.2, 0) is 23.8 Å². The Morgan fingerprint density at radius 3 is 2.55 bits per heavy atom. The summed E-state index contributed by atoms with van der Waals surface area (Å²) in [7, 11) is 0. The van der Waals surface area contributed by atoms with Crippen molar-refractivity contribution in [1.29, 1.82) is 0 Å². The van der Waals surface area contributed by atoms with Gasteiger partial charge in [-0.25, -0.2) is 0 Å². The number of fused-ring (bicyclic) bond motifs is 2. The number of ether oxygens (including phenoxy) is 3. The summed E-state index contributed by atoms with van der Waals surface area (Å²) in [5.41, 5.74) is -2.99. The zero-order valence-electron chi connectivity index (χ0n) is 18.0. The number of rotatable bonds is 1. The molecule has 0 spiro atoms. The summed E-state index contributed by atoms with van der Waals surface area (Å²) in [5.74, 6) is -0.977. The maximum absolute atomic E-state index is 12.9. The van der Waals surface area contributed by atoms with Gasteiger partial charge in [-0.1, -0.05) is 6.92 Å². The van der Waals surface area contributed by atoms with Gasteiger partial charge in [0.2, 0.25) is 0 Å². The van der Waals surface area contributed by atoms with E-state index < -0.39 is 29.0 Å². The Hall–Kier alpha value is -1.18. The van der Waals surface area contributed by atoms with Crippen molar-refractivity contribution in [3.63, 3.8) is 0 Å². The maximum atomic E-state index is 12.9. The van der Waals surface area contributed by atoms with E-state index in [0.29, 0.717) is 19.3 Å². The van der Waals surface area contributed by atoms with Crippen LogP contribution >= 0.6 is 0 Å². The van der Waals surface area contributed by atoms with Crippen LogP contribution in [0.15, 0.2) is 0 Å². The van der Waals surface area contributed by atoms with Gasteiger partial charge in [0.05, 0.1) is 23.7 Å². The molecule has 3 heterocycles. The van der Waals surface area contributed by atoms with E-state index in [1.54, 1.807) is 6.92 Å². The molecular weight excluding hydrogens is 376 g/mol. The van der Waals surface area contributed by atoms with Crippen LogP contribution in [0.5, 0.6) is 0 Å². The van der Waals surface area contributed by atoms with Crippen LogP contribution in [0.1, 0.15) is 66.7 Å². The molecule has 4 rings (SSSR count). The van der Waals surface area contributed by atoms with Gasteiger partial charge in [0, 0.05) is 25.2 Å². The third-order valence-electron chi connectivity index (χ3n) is 8.23. The molecule has 164 valence electrons. The molecule has 1 saturated carbocycles. The van der Waals surface area contributed by atoms with Crippen molar-refractivity contribution < 1.29 is 34.0 Å². The van der Waals surface area contributed by atoms with E-state index in [9.17, 15) is 19.8 Å². The highest BCUT2D eigenvalue weighted by molar-refractivity contribution is 5.73. The van der Waals surface area contributed by atoms with E-state index in [1.165, 1.54) is 6.92 Å². The van der Waals surface area contributed by atoms with Crippen molar-refractivity contribution in [2.45, 2.75) is 102 Å². The van der Waals surface area contributed by atoms with E-state index >= 15 is 0 Å². The Labute approximate surface area is 172 Å². The summed E-state index contributed by atoms with van der Waals surface area (Å²) in [4.78, 5) is 24.8. The van der Waals surface area contributed by atoms with Crippen molar-refractivity contribution in [2.75, 3.05) is 0 Å². The second-order valence-electron chi connectivity index (χ2n) is 10.4. The van der Waals surface area contributed by atoms with Crippen LogP contribution < -0.4 is 0 Å². The van der Waals surface area contributed by atoms with E-state index in [0.717, 1.165) is 6.42 Å². The van der Waals surface area contributed by atoms with Gasteiger partial charge in [-0.15, -0.1) is 0 Å². The fourth-order valence-corrected chi connectivity index (χ4v) is 6.69. The number of hydrogen-bond acceptors (Lipinski definition) is 7. The molecule has 10 atom stereocenters. The standard InChI is InChI=1S/C22H34O7/c1-11-13-6-8-21(4,28-12(2)23)17-14-10-20(3,26)15(24)7-9-22(5,29-19(11)25)18(27-14)16(13)17/h11,13-18,24,26H,6-10H2,1-5H3/t11?,13?,14?,15?,16?,17?,18?,20-,21-,22+/m1/s1. The first-order valence-electron chi connectivity index (χ1n) is 10.9. The third-order valence-corrected chi connectivity index (χ3v) is 8.23. The van der Waals surface area contributed by atoms with Gasteiger partial charge in [-0.2, -0.15) is 0 Å². The lowest BCUT2D eigenvalue weighted by atomic mass is 9.57. The Kier molecular flexibility index (Phi) is 4.84. The first-order valence-corrected chi connectivity index (χ1v) is 10.9. The average molecular weight is 411 g/mol. The second kappa shape index (κ2) is 6.66. The molecular formula is C22H34O7. The molecule has 0 aromatic rings. The van der Waals surface area contributed by atoms with Crippen LogP contribution in [0.3, 0.4) is 0 Å². The predicted molar refractivity (Wildman–Crippen MR) is 103 cm³/mol. The minimum atomic E-state index is -1.34. The highest BCUT2D eigenvalue weighted by Crippen LogP contribution is 2.59. The first kappa shape index (κ1) is 21.1. The molecule has 7 nitrogen and oxygen atoms in total. The molecule has 0 aromatic heterocycles. The van der Waals surface area contributed by atoms with Gasteiger partial charge in [0.15, 0.2) is 0 Å². The number of carbonyl (C=O) groups excluding carboxylic acids is 2. The van der Waals surface area contributed by atoms with E-state index in [4.69, 9.17) is 14.2 Å². The van der Waals surface area contributed by atoms with Crippen LogP contribution in [0.4, 0.5) is 0 Å². The van der Waals surface area contributed by atoms with Crippen LogP contribution in [0.25, 0.3) is 0 Å². The lowest BCUT2D eigenvalue weighted by Crippen LogP contribution is -2.56. The highest BCUT2D eigenvalue weighted by Gasteiger charge is 2.67. The van der Waals surface area contributed by atoms with Crippen LogP contribution in [-0.4, -0.2) is 57.3 Å². The lowest BCUT2D eigenvalue weighted by Gasteiger charge is -2.49. The summed E-state index contributed by atoms with van der Waals surface area (Å²) < 4.78 is 18.4. The van der Waals surface area contributed by atoms with Gasteiger partial charge in [-0.3, -0.25) is 9.59 Å². The molecule has 2 N–H and O–H groups in total. The minimum Gasteiger partial charge on any atom is -0.459 e. The lowest BCUT2D eigenvalue weighted by molar-refractivity contribution is -0.182. The molecule has 3 saturated heterocycles. The molecule has 1 aliphatic carbocycles. The smallest absolute Gasteiger partial charge is 0.309 e. The number of aliphatic hydroxyl groups excluding tert-OH is 1. The Morgan fingerprint density at radius 1 is 1.21 bits per heavy atom. The Balaban J connectivity index is 1.85. The molecule has 4 aliphatic rings. The summed E-state index contributed by atoms with van der Waals surface area (Å²) >= 11 is 0. The van der Waals surface area contributed by atoms with Gasteiger partial charge in [0.25, 0.3) is 0 Å². The van der Waals surface area contributed by atoms with Crippen LogP contribution in [0, 0.1) is 23.7 Å². The number of esters is 2. The molecule has 0 aromatic carbocycles. The molecule has 7 heteroatoms. The number of aliphatic hydroxyl groups is 2. The molecule has 4 fully saturated rings. The highest BCUT2D eigenvalue weighted by atomic mass is 16.6. The number of hydrogen-bond donors (Lipinski definition) is 2. The largest absolute Gasteiger partial charge is 0.459 e. The SMILES string of the molecule is CC(=O)O[C@]1(C)CCC2C(C)C(=O)O[C@@]3(C)CCC(O)[C@](C)(O)CC4OC3C2C41. The monoisotopic (exact) mass is 410 g/mol. The molecule has 7 unspecified atom stereocenters. The Morgan fingerprint density at radius 2 is 1.90 bits per heavy atom. The molecule has 0 radical (unpaired) electrons. The predicted octanol–water partition coefficient (Wildman–Crippen LogP) is 1.97. The number of carbonyl (C=O) groups is 2. The maximum Gasteiger partial charge on any atom is 0.309 e. The summed E-state index contributed by atoms with van der Waals surface area (Å²) in [6, 6.07) is 0. The third kappa shape index (κ3) is 3.20. The van der Waals surface area contributed by atoms with Gasteiger partial charge in [-0.05, 0) is 52.4 Å². The molecule has 2 bridgehead atoms. The molecule has 3 aliphatic heterocycles. The Bertz CT molecular complexity index is 705. The summed E-state index contributed by atoms with van der Waals surface area (Å²) in [5, 5.41) is 21.7. The van der Waals surface area contributed by atoms with Crippen molar-refractivity contribution in [3.8, 4) is 0 Å². The zero-order chi connectivity index (χ0) is 21.4. The minimum absolute atomic E-state index is 0.0180. The topological polar surface area (TPSA) is 102 Å². The van der Waals surface area contributed by atoms with Crippen molar-refractivity contribution in [1.82, 2.24) is 0 Å². The quantitative estimate of drug-likeness (QED) is 0.637. The molecule has 0 amide bonds. The summed E-state index contributed by atoms with van der Waals surface area (Å²) in [6.07, 6.45) is 0.637. The van der Waals surface area contributed by atoms with Crippen LogP contribution in [0.2, 0.25) is 0 Å². The average Bonchev–Trinajstić information content (AvgIpc) is 2.96. The van der Waals surface area contributed by atoms with Gasteiger partial charge >= 0.3 is 11.9 Å². The van der Waals surface area contributed by atoms with Gasteiger partial charge in [0.1, 0.15) is 17.3 Å². The van der Waals surface area contributed by atoms with E-state index in [2.05, 4.69) is 0 Å². The van der Waals surface area contributed by atoms with Crippen molar-refractivity contribution in [2.24, 2.45) is 23.7 Å². The van der Waals surface area contributed by atoms with Crippen molar-refractivity contribution in [3.05, 3.63) is 0 Å².